The van der Waals surface area contributed by atoms with Crippen LogP contribution in [0.2, 0.25) is 0 Å². The summed E-state index contributed by atoms with van der Waals surface area (Å²) in [4.78, 5) is 21.2. The Morgan fingerprint density at radius 2 is 2.07 bits per heavy atom. The maximum absolute atomic E-state index is 10.9. The predicted octanol–water partition coefficient (Wildman–Crippen LogP) is 2.26. The average Bonchev–Trinajstić information content (AvgIpc) is 2.20. The number of nitrogens with one attached hydrogen (secondary N) is 1. The molecule has 0 bridgehead atoms. The molecule has 1 amide bonds. The van der Waals surface area contributed by atoms with Crippen LogP contribution in [0.1, 0.15) is 30.9 Å². The number of carbonyl (C=O) groups is 2. The van der Waals surface area contributed by atoms with E-state index in [0.29, 0.717) is 11.6 Å². The summed E-state index contributed by atoms with van der Waals surface area (Å²) in [5.74, 6) is -0.212. The molecule has 1 rings (SSSR count). The maximum Gasteiger partial charge on any atom is 0.288 e. The van der Waals surface area contributed by atoms with Crippen molar-refractivity contribution in [2.75, 3.05) is 5.32 Å². The van der Waals surface area contributed by atoms with Gasteiger partial charge < -0.3 is 5.32 Å². The van der Waals surface area contributed by atoms with Gasteiger partial charge in [-0.1, -0.05) is 26.0 Å². The number of hydrogen-bond donors (Lipinski definition) is 1. The van der Waals surface area contributed by atoms with Gasteiger partial charge in [-0.2, -0.15) is 0 Å². The van der Waals surface area contributed by atoms with Crippen LogP contribution in [0.3, 0.4) is 0 Å². The van der Waals surface area contributed by atoms with Gasteiger partial charge in [-0.3, -0.25) is 9.59 Å². The molecule has 0 saturated heterocycles. The highest BCUT2D eigenvalue weighted by molar-refractivity contribution is 6.29. The molecule has 0 fully saturated rings. The van der Waals surface area contributed by atoms with E-state index >= 15 is 0 Å². The first-order chi connectivity index (χ1) is 7.04. The second-order valence-electron chi connectivity index (χ2n) is 3.84. The second-order valence-corrected chi connectivity index (χ2v) is 3.84. The van der Waals surface area contributed by atoms with Gasteiger partial charge in [0.2, 0.25) is 6.29 Å². The summed E-state index contributed by atoms with van der Waals surface area (Å²) in [6.07, 6.45) is 0.279. The summed E-state index contributed by atoms with van der Waals surface area (Å²) in [6, 6.07) is 5.87. The molecular formula is C12H15NO2. The highest BCUT2D eigenvalue weighted by atomic mass is 16.2. The third-order valence-corrected chi connectivity index (χ3v) is 2.29. The van der Waals surface area contributed by atoms with Crippen molar-refractivity contribution in [1.29, 1.82) is 0 Å². The molecule has 0 radical (unpaired) electrons. The molecule has 0 aromatic heterocycles. The van der Waals surface area contributed by atoms with Crippen LogP contribution in [0.4, 0.5) is 5.69 Å². The predicted molar refractivity (Wildman–Crippen MR) is 60.0 cm³/mol. The number of anilines is 1. The zero-order chi connectivity index (χ0) is 11.4. The summed E-state index contributed by atoms with van der Waals surface area (Å²) in [5.41, 5.74) is 2.80. The van der Waals surface area contributed by atoms with E-state index in [9.17, 15) is 9.59 Å². The fraction of sp³-hybridized carbons (Fsp3) is 0.333. The van der Waals surface area contributed by atoms with Crippen LogP contribution in [0.15, 0.2) is 18.2 Å². The van der Waals surface area contributed by atoms with E-state index < -0.39 is 5.91 Å². The standard InChI is InChI=1S/C12H15NO2/c1-8(2)10-5-4-9(3)11(6-10)13-12(15)7-14/h4-8H,1-3H3,(H,13,15). The van der Waals surface area contributed by atoms with E-state index in [-0.39, 0.29) is 6.29 Å². The summed E-state index contributed by atoms with van der Waals surface area (Å²) in [7, 11) is 0. The van der Waals surface area contributed by atoms with Crippen LogP contribution in [-0.4, -0.2) is 12.2 Å². The fourth-order valence-electron chi connectivity index (χ4n) is 1.30. The molecule has 80 valence electrons. The highest BCUT2D eigenvalue weighted by Gasteiger charge is 2.06. The van der Waals surface area contributed by atoms with Crippen LogP contribution in [0, 0.1) is 6.92 Å². The van der Waals surface area contributed by atoms with Crippen LogP contribution in [0.5, 0.6) is 0 Å². The first-order valence-electron chi connectivity index (χ1n) is 4.91. The van der Waals surface area contributed by atoms with E-state index in [1.54, 1.807) is 0 Å². The number of carbonyl (C=O) groups excluding carboxylic acids is 2. The Morgan fingerprint density at radius 3 is 2.60 bits per heavy atom. The minimum Gasteiger partial charge on any atom is -0.319 e. The Hall–Kier alpha value is -1.64. The summed E-state index contributed by atoms with van der Waals surface area (Å²) < 4.78 is 0. The van der Waals surface area contributed by atoms with E-state index in [1.807, 2.05) is 25.1 Å². The van der Waals surface area contributed by atoms with Crippen molar-refractivity contribution in [2.45, 2.75) is 26.7 Å². The molecule has 1 aromatic rings. The quantitative estimate of drug-likeness (QED) is 0.607. The van der Waals surface area contributed by atoms with Gasteiger partial charge in [-0.15, -0.1) is 0 Å². The highest BCUT2D eigenvalue weighted by Crippen LogP contribution is 2.22. The van der Waals surface area contributed by atoms with Crippen molar-refractivity contribution in [3.8, 4) is 0 Å². The minimum absolute atomic E-state index is 0.279. The molecule has 0 heterocycles. The van der Waals surface area contributed by atoms with Crippen molar-refractivity contribution in [2.24, 2.45) is 0 Å². The van der Waals surface area contributed by atoms with Crippen molar-refractivity contribution in [1.82, 2.24) is 0 Å². The Balaban J connectivity index is 3.00. The van der Waals surface area contributed by atoms with Crippen molar-refractivity contribution in [3.05, 3.63) is 29.3 Å². The van der Waals surface area contributed by atoms with Gasteiger partial charge in [0, 0.05) is 5.69 Å². The number of benzene rings is 1. The first-order valence-corrected chi connectivity index (χ1v) is 4.91. The van der Waals surface area contributed by atoms with E-state index in [2.05, 4.69) is 19.2 Å². The SMILES string of the molecule is Cc1ccc(C(C)C)cc1NC(=O)C=O. The zero-order valence-electron chi connectivity index (χ0n) is 9.20. The van der Waals surface area contributed by atoms with E-state index in [4.69, 9.17) is 0 Å². The molecule has 0 unspecified atom stereocenters. The molecule has 0 atom stereocenters. The Kier molecular flexibility index (Phi) is 3.61. The van der Waals surface area contributed by atoms with Gasteiger partial charge in [-0.25, -0.2) is 0 Å². The largest absolute Gasteiger partial charge is 0.319 e. The summed E-state index contributed by atoms with van der Waals surface area (Å²) in [5, 5.41) is 2.55. The molecule has 0 aliphatic heterocycles. The molecule has 1 N–H and O–H groups in total. The third kappa shape index (κ3) is 2.91. The molecule has 0 aliphatic rings. The number of rotatable bonds is 3. The molecule has 0 saturated carbocycles. The average molecular weight is 205 g/mol. The molecule has 3 heteroatoms. The molecule has 0 aliphatic carbocycles. The third-order valence-electron chi connectivity index (χ3n) is 2.29. The zero-order valence-corrected chi connectivity index (χ0v) is 9.20. The normalized spacial score (nSPS) is 10.1. The Bertz CT molecular complexity index is 383. The van der Waals surface area contributed by atoms with Crippen LogP contribution < -0.4 is 5.32 Å². The van der Waals surface area contributed by atoms with Gasteiger partial charge in [0.25, 0.3) is 5.91 Å². The topological polar surface area (TPSA) is 46.2 Å². The van der Waals surface area contributed by atoms with Crippen LogP contribution in [0.25, 0.3) is 0 Å². The van der Waals surface area contributed by atoms with E-state index in [1.165, 1.54) is 0 Å². The van der Waals surface area contributed by atoms with Gasteiger partial charge in [0.15, 0.2) is 0 Å². The Morgan fingerprint density at radius 1 is 1.40 bits per heavy atom. The first kappa shape index (κ1) is 11.4. The lowest BCUT2D eigenvalue weighted by molar-refractivity contribution is -0.127. The number of aryl methyl sites for hydroxylation is 1. The molecule has 0 spiro atoms. The van der Waals surface area contributed by atoms with E-state index in [0.717, 1.165) is 11.1 Å². The van der Waals surface area contributed by atoms with Crippen molar-refractivity contribution >= 4 is 17.9 Å². The monoisotopic (exact) mass is 205 g/mol. The van der Waals surface area contributed by atoms with Gasteiger partial charge >= 0.3 is 0 Å². The molecule has 1 aromatic carbocycles. The second kappa shape index (κ2) is 4.73. The lowest BCUT2D eigenvalue weighted by Gasteiger charge is -2.10. The van der Waals surface area contributed by atoms with Crippen molar-refractivity contribution in [3.63, 3.8) is 0 Å². The molecular weight excluding hydrogens is 190 g/mol. The summed E-state index contributed by atoms with van der Waals surface area (Å²) >= 11 is 0. The molecule has 3 nitrogen and oxygen atoms in total. The van der Waals surface area contributed by atoms with Gasteiger partial charge in [0.05, 0.1) is 0 Å². The van der Waals surface area contributed by atoms with Crippen molar-refractivity contribution < 1.29 is 9.59 Å². The fourth-order valence-corrected chi connectivity index (χ4v) is 1.30. The van der Waals surface area contributed by atoms with Gasteiger partial charge in [0.1, 0.15) is 0 Å². The van der Waals surface area contributed by atoms with Gasteiger partial charge in [-0.05, 0) is 30.0 Å². The van der Waals surface area contributed by atoms with Crippen LogP contribution >= 0.6 is 0 Å². The van der Waals surface area contributed by atoms with Crippen LogP contribution in [-0.2, 0) is 9.59 Å². The number of hydrogen-bond acceptors (Lipinski definition) is 2. The lowest BCUT2D eigenvalue weighted by Crippen LogP contribution is -2.13. The summed E-state index contributed by atoms with van der Waals surface area (Å²) in [6.45, 7) is 6.05. The number of amides is 1. The minimum atomic E-state index is -0.612. The number of aldehydes is 1. The lowest BCUT2D eigenvalue weighted by atomic mass is 10.0. The maximum atomic E-state index is 10.9. The molecule has 15 heavy (non-hydrogen) atoms. The Labute approximate surface area is 89.5 Å². The smallest absolute Gasteiger partial charge is 0.288 e.